The molecule has 0 aliphatic rings. The number of halogens is 45. The van der Waals surface area contributed by atoms with Crippen LogP contribution in [0.3, 0.4) is 0 Å². The second-order valence-electron chi connectivity index (χ2n) is 14.3. The van der Waals surface area contributed by atoms with Gasteiger partial charge in [0.15, 0.2) is 0 Å². The van der Waals surface area contributed by atoms with Gasteiger partial charge in [-0.2, -0.15) is 198 Å². The first-order chi connectivity index (χ1) is 31.4. The van der Waals surface area contributed by atoms with Gasteiger partial charge in [0.25, 0.3) is 0 Å². The van der Waals surface area contributed by atoms with Gasteiger partial charge < -0.3 is 9.79 Å². The van der Waals surface area contributed by atoms with Gasteiger partial charge in [-0.15, -0.1) is 0 Å². The molecule has 0 aromatic carbocycles. The SMILES string of the molecule is CC(CC(F)(F)C(F)(F)C(F)(F)C(F)(F)C(F)(F)C(F)(F)C(F)(F)C(F)(F)C(F)(F)C(F)(F)C(F)(F)C(F)(F)C(F)(F)C(F)(F)C(F)(F)C(F)(F)C(F)(F)C(F)(F)C(F)(F)C(F)(F)C(F)(F)C(F)(F)F)OP(=O)(O)O. The van der Waals surface area contributed by atoms with Crippen LogP contribution in [0.25, 0.3) is 0 Å². The average Bonchev–Trinajstić information content (AvgIpc) is 3.14. The first-order valence-electron chi connectivity index (χ1n) is 16.1. The van der Waals surface area contributed by atoms with Crippen molar-refractivity contribution in [1.82, 2.24) is 0 Å². The number of phosphoric ester groups is 1. The Morgan fingerprint density at radius 2 is 0.387 bits per heavy atom. The van der Waals surface area contributed by atoms with Crippen LogP contribution >= 0.6 is 7.82 Å². The van der Waals surface area contributed by atoms with E-state index in [9.17, 15) is 202 Å². The third kappa shape index (κ3) is 8.79. The van der Waals surface area contributed by atoms with Gasteiger partial charge in [0, 0.05) is 6.42 Å². The van der Waals surface area contributed by atoms with E-state index in [1.807, 2.05) is 0 Å². The number of alkyl halides is 45. The molecule has 1 atom stereocenters. The summed E-state index contributed by atoms with van der Waals surface area (Å²) in [4.78, 5) is 16.6. The fraction of sp³-hybridized carbons (Fsp3) is 1.00. The highest BCUT2D eigenvalue weighted by atomic mass is 31.2. The van der Waals surface area contributed by atoms with Crippen molar-refractivity contribution in [3.63, 3.8) is 0 Å². The van der Waals surface area contributed by atoms with Crippen molar-refractivity contribution >= 4 is 7.82 Å². The molecule has 0 aromatic heterocycles. The molecule has 0 aromatic rings. The summed E-state index contributed by atoms with van der Waals surface area (Å²) in [6.45, 7) is -0.418. The molecule has 0 aliphatic carbocycles. The van der Waals surface area contributed by atoms with Crippen molar-refractivity contribution in [2.45, 2.75) is 150 Å². The zero-order valence-electron chi connectivity index (χ0n) is 32.5. The molecule has 0 aliphatic heterocycles. The zero-order chi connectivity index (χ0) is 62.5. The summed E-state index contributed by atoms with van der Waals surface area (Å²) in [5, 5.41) is 0. The molecular formula is C25H8F45O4P. The summed E-state index contributed by atoms with van der Waals surface area (Å²) in [5.74, 6) is -213. The Hall–Kier alpha value is -3.04. The van der Waals surface area contributed by atoms with Crippen LogP contribution in [0, 0.1) is 0 Å². The smallest absolute Gasteiger partial charge is 0.303 e. The molecule has 0 rings (SSSR count). The van der Waals surface area contributed by atoms with E-state index in [0.717, 1.165) is 0 Å². The Kier molecular flexibility index (Phi) is 17.0. The summed E-state index contributed by atoms with van der Waals surface area (Å²) < 4.78 is 635. The molecule has 0 radical (unpaired) electrons. The van der Waals surface area contributed by atoms with Gasteiger partial charge in [0.2, 0.25) is 0 Å². The van der Waals surface area contributed by atoms with Crippen LogP contribution in [-0.4, -0.2) is 146 Å². The largest absolute Gasteiger partial charge is 0.469 e. The van der Waals surface area contributed by atoms with Crippen LogP contribution in [0.1, 0.15) is 13.3 Å². The fourth-order valence-corrected chi connectivity index (χ4v) is 5.26. The zero-order valence-corrected chi connectivity index (χ0v) is 33.3. The monoisotopic (exact) mass is 1260 g/mol. The lowest BCUT2D eigenvalue weighted by Crippen LogP contribution is -2.81. The lowest BCUT2D eigenvalue weighted by molar-refractivity contribution is -0.497. The van der Waals surface area contributed by atoms with Crippen molar-refractivity contribution in [1.29, 1.82) is 0 Å². The van der Waals surface area contributed by atoms with Gasteiger partial charge >= 0.3 is 138 Å². The predicted molar refractivity (Wildman–Crippen MR) is 137 cm³/mol. The second kappa shape index (κ2) is 17.7. The average molecular weight is 1260 g/mol. The summed E-state index contributed by atoms with van der Waals surface area (Å²) in [6, 6.07) is 0. The Bertz CT molecular complexity index is 2110. The molecular weight excluding hydrogens is 1250 g/mol. The fourth-order valence-electron chi connectivity index (χ4n) is 4.72. The summed E-state index contributed by atoms with van der Waals surface area (Å²) in [6.07, 6.45) is -15.9. The van der Waals surface area contributed by atoms with E-state index in [1.165, 1.54) is 0 Å². The van der Waals surface area contributed by atoms with Crippen LogP contribution < -0.4 is 0 Å². The minimum Gasteiger partial charge on any atom is -0.303 e. The standard InChI is InChI=1S/C25H8F45O4P/c1-3(74-75(71,72)73)2-4(26,27)5(28,29)6(30,31)7(32,33)8(34,35)9(36,37)10(38,39)11(40,41)12(42,43)13(44,45)14(46,47)15(48,49)16(50,51)17(52,53)18(54,55)19(56,57)20(58,59)21(60,61)22(62,63)23(64,65)24(66,67)25(68,69)70/h3H,2H2,1H3,(H2,71,72,73). The molecule has 2 N–H and O–H groups in total. The maximum Gasteiger partial charge on any atom is 0.469 e. The first kappa shape index (κ1) is 72.0. The van der Waals surface area contributed by atoms with E-state index < -0.39 is 158 Å². The van der Waals surface area contributed by atoms with E-state index in [1.54, 1.807) is 0 Å². The minimum atomic E-state index is -10.8. The molecule has 50 heteroatoms. The van der Waals surface area contributed by atoms with Crippen molar-refractivity contribution in [3.05, 3.63) is 0 Å². The maximum absolute atomic E-state index is 14.2. The quantitative estimate of drug-likeness (QED) is 0.0747. The van der Waals surface area contributed by atoms with Crippen LogP contribution in [0.2, 0.25) is 0 Å². The molecule has 0 spiro atoms. The summed E-state index contributed by atoms with van der Waals surface area (Å²) in [5.41, 5.74) is 0. The molecule has 0 bridgehead atoms. The lowest BCUT2D eigenvalue weighted by atomic mass is 9.81. The van der Waals surface area contributed by atoms with Crippen molar-refractivity contribution < 1.29 is 216 Å². The van der Waals surface area contributed by atoms with Gasteiger partial charge in [-0.3, -0.25) is 4.52 Å². The highest BCUT2D eigenvalue weighted by Gasteiger charge is 3.04. The maximum atomic E-state index is 14.2. The molecule has 0 heterocycles. The highest BCUT2D eigenvalue weighted by molar-refractivity contribution is 7.46. The molecule has 0 fully saturated rings. The normalized spacial score (nSPS) is 17.7. The topological polar surface area (TPSA) is 66.8 Å². The molecule has 4 nitrogen and oxygen atoms in total. The number of phosphoric acid groups is 1. The van der Waals surface area contributed by atoms with Crippen molar-refractivity contribution in [2.75, 3.05) is 0 Å². The van der Waals surface area contributed by atoms with E-state index >= 15 is 0 Å². The molecule has 75 heavy (non-hydrogen) atoms. The minimum absolute atomic E-state index is 0.418. The molecule has 0 saturated carbocycles. The van der Waals surface area contributed by atoms with Gasteiger partial charge in [0.1, 0.15) is 0 Å². The number of hydrogen-bond donors (Lipinski definition) is 2. The van der Waals surface area contributed by atoms with Crippen LogP contribution in [0.5, 0.6) is 0 Å². The Balaban J connectivity index is 8.06. The predicted octanol–water partition coefficient (Wildman–Crippen LogP) is 14.8. The van der Waals surface area contributed by atoms with Crippen molar-refractivity contribution in [3.8, 4) is 0 Å². The lowest BCUT2D eigenvalue weighted by Gasteiger charge is -2.47. The number of rotatable bonds is 24. The molecule has 1 unspecified atom stereocenters. The van der Waals surface area contributed by atoms with Gasteiger partial charge in [-0.25, -0.2) is 4.57 Å². The third-order valence-corrected chi connectivity index (χ3v) is 9.80. The molecule has 0 amide bonds. The molecule has 452 valence electrons. The van der Waals surface area contributed by atoms with Gasteiger partial charge in [0.05, 0.1) is 6.10 Å². The van der Waals surface area contributed by atoms with Crippen molar-refractivity contribution in [2.24, 2.45) is 0 Å². The van der Waals surface area contributed by atoms with E-state index in [2.05, 4.69) is 4.52 Å². The van der Waals surface area contributed by atoms with Crippen LogP contribution in [0.15, 0.2) is 0 Å². The Morgan fingerprint density at radius 3 is 0.507 bits per heavy atom. The Labute approximate surface area is 375 Å². The van der Waals surface area contributed by atoms with Gasteiger partial charge in [-0.1, -0.05) is 0 Å². The highest BCUT2D eigenvalue weighted by Crippen LogP contribution is 2.72. The van der Waals surface area contributed by atoms with E-state index in [4.69, 9.17) is 9.79 Å². The summed E-state index contributed by atoms with van der Waals surface area (Å²) >= 11 is 0. The van der Waals surface area contributed by atoms with E-state index in [-0.39, 0.29) is 0 Å². The third-order valence-electron chi connectivity index (χ3n) is 9.17. The Morgan fingerprint density at radius 1 is 0.267 bits per heavy atom. The summed E-state index contributed by atoms with van der Waals surface area (Å²) in [7, 11) is -6.37. The first-order valence-corrected chi connectivity index (χ1v) is 17.6. The molecule has 0 saturated heterocycles. The number of hydrogen-bond acceptors (Lipinski definition) is 2. The second-order valence-corrected chi connectivity index (χ2v) is 15.5. The van der Waals surface area contributed by atoms with E-state index in [0.29, 0.717) is 0 Å². The van der Waals surface area contributed by atoms with Crippen LogP contribution in [0.4, 0.5) is 198 Å². The van der Waals surface area contributed by atoms with Gasteiger partial charge in [-0.05, 0) is 6.92 Å². The van der Waals surface area contributed by atoms with Crippen LogP contribution in [-0.2, 0) is 9.09 Å².